The quantitative estimate of drug-likeness (QED) is 0.861. The zero-order valence-electron chi connectivity index (χ0n) is 11.9. The number of phenols is 1. The van der Waals surface area contributed by atoms with Crippen LogP contribution in [0, 0.1) is 0 Å². The summed E-state index contributed by atoms with van der Waals surface area (Å²) >= 11 is 3.59. The van der Waals surface area contributed by atoms with Crippen molar-refractivity contribution in [2.45, 2.75) is 18.9 Å². The predicted octanol–water partition coefficient (Wildman–Crippen LogP) is 3.31. The Balaban J connectivity index is 1.67. The van der Waals surface area contributed by atoms with Crippen LogP contribution in [0.15, 0.2) is 34.8 Å². The molecule has 1 atom stereocenters. The normalized spacial score (nSPS) is 19.0. The summed E-state index contributed by atoms with van der Waals surface area (Å²) in [6, 6.07) is 9.79. The second kappa shape index (κ2) is 5.48. The molecule has 0 fully saturated rings. The first kappa shape index (κ1) is 13.9. The first-order chi connectivity index (χ1) is 10.7. The Morgan fingerprint density at radius 1 is 1.18 bits per heavy atom. The molecule has 2 aliphatic heterocycles. The summed E-state index contributed by atoms with van der Waals surface area (Å²) in [5.41, 5.74) is 3.36. The first-order valence-corrected chi connectivity index (χ1v) is 8.14. The Morgan fingerprint density at radius 2 is 2.05 bits per heavy atom. The standard InChI is InChI=1S/C17H16BrNO3/c18-12-2-3-14(20)17-11(12)5-6-19-13(17)7-10-1-4-15-16(8-10)22-9-21-15/h1-4,8,13,19-20H,5-7,9H2. The molecule has 0 amide bonds. The lowest BCUT2D eigenvalue weighted by atomic mass is 9.89. The van der Waals surface area contributed by atoms with Crippen molar-refractivity contribution in [2.75, 3.05) is 13.3 Å². The zero-order chi connectivity index (χ0) is 15.1. The van der Waals surface area contributed by atoms with E-state index in [-0.39, 0.29) is 12.8 Å². The van der Waals surface area contributed by atoms with Gasteiger partial charge in [0.05, 0.1) is 0 Å². The molecule has 2 N–H and O–H groups in total. The number of nitrogens with one attached hydrogen (secondary N) is 1. The monoisotopic (exact) mass is 361 g/mol. The Morgan fingerprint density at radius 3 is 2.95 bits per heavy atom. The van der Waals surface area contributed by atoms with Gasteiger partial charge in [0, 0.05) is 16.1 Å². The second-order valence-electron chi connectivity index (χ2n) is 5.61. The van der Waals surface area contributed by atoms with Crippen molar-refractivity contribution >= 4 is 15.9 Å². The molecule has 2 aromatic rings. The fourth-order valence-corrected chi connectivity index (χ4v) is 3.76. The van der Waals surface area contributed by atoms with Crippen LogP contribution >= 0.6 is 15.9 Å². The molecule has 22 heavy (non-hydrogen) atoms. The molecule has 0 bridgehead atoms. The summed E-state index contributed by atoms with van der Waals surface area (Å²) in [5, 5.41) is 13.8. The van der Waals surface area contributed by atoms with Crippen LogP contribution in [0.4, 0.5) is 0 Å². The minimum Gasteiger partial charge on any atom is -0.508 e. The number of fused-ring (bicyclic) bond motifs is 2. The molecule has 114 valence electrons. The lowest BCUT2D eigenvalue weighted by Crippen LogP contribution is -2.31. The Kier molecular flexibility index (Phi) is 3.47. The molecule has 2 aromatic carbocycles. The summed E-state index contributed by atoms with van der Waals surface area (Å²) in [6.07, 6.45) is 1.72. The third-order valence-corrected chi connectivity index (χ3v) is 5.01. The van der Waals surface area contributed by atoms with Gasteiger partial charge in [-0.05, 0) is 54.8 Å². The van der Waals surface area contributed by atoms with Crippen LogP contribution in [-0.2, 0) is 12.8 Å². The van der Waals surface area contributed by atoms with Gasteiger partial charge in [-0.3, -0.25) is 0 Å². The molecular weight excluding hydrogens is 346 g/mol. The number of hydrogen-bond acceptors (Lipinski definition) is 4. The van der Waals surface area contributed by atoms with E-state index >= 15 is 0 Å². The highest BCUT2D eigenvalue weighted by Crippen LogP contribution is 2.38. The molecule has 2 aliphatic rings. The van der Waals surface area contributed by atoms with Gasteiger partial charge in [-0.1, -0.05) is 22.0 Å². The van der Waals surface area contributed by atoms with E-state index in [1.807, 2.05) is 18.2 Å². The molecule has 0 aromatic heterocycles. The maximum absolute atomic E-state index is 10.3. The van der Waals surface area contributed by atoms with Crippen molar-refractivity contribution in [1.82, 2.24) is 5.32 Å². The van der Waals surface area contributed by atoms with Gasteiger partial charge in [0.25, 0.3) is 0 Å². The van der Waals surface area contributed by atoms with Gasteiger partial charge in [-0.15, -0.1) is 0 Å². The largest absolute Gasteiger partial charge is 0.508 e. The number of hydrogen-bond donors (Lipinski definition) is 2. The van der Waals surface area contributed by atoms with Crippen molar-refractivity contribution < 1.29 is 14.6 Å². The van der Waals surface area contributed by atoms with Crippen LogP contribution in [0.3, 0.4) is 0 Å². The van der Waals surface area contributed by atoms with E-state index in [4.69, 9.17) is 9.47 Å². The van der Waals surface area contributed by atoms with Crippen molar-refractivity contribution in [3.05, 3.63) is 51.5 Å². The van der Waals surface area contributed by atoms with E-state index in [0.717, 1.165) is 46.5 Å². The van der Waals surface area contributed by atoms with Crippen LogP contribution < -0.4 is 14.8 Å². The Bertz CT molecular complexity index is 732. The molecule has 0 aliphatic carbocycles. The van der Waals surface area contributed by atoms with E-state index in [2.05, 4.69) is 27.3 Å². The second-order valence-corrected chi connectivity index (χ2v) is 6.46. The lowest BCUT2D eigenvalue weighted by molar-refractivity contribution is 0.174. The van der Waals surface area contributed by atoms with Crippen molar-refractivity contribution in [3.63, 3.8) is 0 Å². The SMILES string of the molecule is Oc1ccc(Br)c2c1C(Cc1ccc3c(c1)OCO3)NCC2. The molecule has 0 saturated carbocycles. The molecule has 1 unspecified atom stereocenters. The van der Waals surface area contributed by atoms with Crippen LogP contribution in [0.5, 0.6) is 17.2 Å². The van der Waals surface area contributed by atoms with Gasteiger partial charge >= 0.3 is 0 Å². The summed E-state index contributed by atoms with van der Waals surface area (Å²) < 4.78 is 11.9. The summed E-state index contributed by atoms with van der Waals surface area (Å²) in [7, 11) is 0. The molecular formula is C17H16BrNO3. The van der Waals surface area contributed by atoms with Gasteiger partial charge in [0.2, 0.25) is 6.79 Å². The average molecular weight is 362 g/mol. The van der Waals surface area contributed by atoms with Crippen molar-refractivity contribution in [2.24, 2.45) is 0 Å². The van der Waals surface area contributed by atoms with E-state index in [0.29, 0.717) is 5.75 Å². The van der Waals surface area contributed by atoms with Gasteiger partial charge in [-0.25, -0.2) is 0 Å². The fraction of sp³-hybridized carbons (Fsp3) is 0.294. The summed E-state index contributed by atoms with van der Waals surface area (Å²) in [5.74, 6) is 1.95. The number of aromatic hydroxyl groups is 1. The molecule has 5 heteroatoms. The van der Waals surface area contributed by atoms with Gasteiger partial charge in [0.1, 0.15) is 5.75 Å². The topological polar surface area (TPSA) is 50.7 Å². The van der Waals surface area contributed by atoms with Gasteiger partial charge < -0.3 is 19.9 Å². The first-order valence-electron chi connectivity index (χ1n) is 7.34. The maximum atomic E-state index is 10.3. The number of halogens is 1. The minimum atomic E-state index is 0.0987. The highest BCUT2D eigenvalue weighted by atomic mass is 79.9. The summed E-state index contributed by atoms with van der Waals surface area (Å²) in [4.78, 5) is 0. The van der Waals surface area contributed by atoms with E-state index in [9.17, 15) is 5.11 Å². The Hall–Kier alpha value is -1.72. The van der Waals surface area contributed by atoms with Crippen LogP contribution in [-0.4, -0.2) is 18.4 Å². The Labute approximate surface area is 137 Å². The molecule has 2 heterocycles. The van der Waals surface area contributed by atoms with E-state index < -0.39 is 0 Å². The highest BCUT2D eigenvalue weighted by molar-refractivity contribution is 9.10. The summed E-state index contributed by atoms with van der Waals surface area (Å²) in [6.45, 7) is 1.20. The van der Waals surface area contributed by atoms with Gasteiger partial charge in [0.15, 0.2) is 11.5 Å². The van der Waals surface area contributed by atoms with Crippen LogP contribution in [0.25, 0.3) is 0 Å². The number of phenolic OH excluding ortho intramolecular Hbond substituents is 1. The molecule has 4 rings (SSSR count). The molecule has 0 saturated heterocycles. The molecule has 0 spiro atoms. The average Bonchev–Trinajstić information content (AvgIpc) is 2.99. The predicted molar refractivity (Wildman–Crippen MR) is 86.5 cm³/mol. The molecule has 4 nitrogen and oxygen atoms in total. The van der Waals surface area contributed by atoms with E-state index in [1.54, 1.807) is 6.07 Å². The third kappa shape index (κ3) is 2.34. The number of ether oxygens (including phenoxy) is 2. The van der Waals surface area contributed by atoms with Crippen molar-refractivity contribution in [1.29, 1.82) is 0 Å². The van der Waals surface area contributed by atoms with Gasteiger partial charge in [-0.2, -0.15) is 0 Å². The number of benzene rings is 2. The highest BCUT2D eigenvalue weighted by Gasteiger charge is 2.25. The van der Waals surface area contributed by atoms with E-state index in [1.165, 1.54) is 5.56 Å². The minimum absolute atomic E-state index is 0.0987. The maximum Gasteiger partial charge on any atom is 0.231 e. The third-order valence-electron chi connectivity index (χ3n) is 4.27. The zero-order valence-corrected chi connectivity index (χ0v) is 13.5. The van der Waals surface area contributed by atoms with Crippen molar-refractivity contribution in [3.8, 4) is 17.2 Å². The fourth-order valence-electron chi connectivity index (χ4n) is 3.22. The number of rotatable bonds is 2. The van der Waals surface area contributed by atoms with Crippen LogP contribution in [0.1, 0.15) is 22.7 Å². The lowest BCUT2D eigenvalue weighted by Gasteiger charge is -2.28. The van der Waals surface area contributed by atoms with Crippen LogP contribution in [0.2, 0.25) is 0 Å². The smallest absolute Gasteiger partial charge is 0.231 e. The molecule has 0 radical (unpaired) electrons.